The molecule has 4 atom stereocenters. The molecule has 0 spiro atoms. The van der Waals surface area contributed by atoms with Crippen molar-refractivity contribution in [3.05, 3.63) is 47.5 Å². The minimum absolute atomic E-state index is 0.415. The van der Waals surface area contributed by atoms with E-state index in [1.807, 2.05) is 0 Å². The Labute approximate surface area is 179 Å². The van der Waals surface area contributed by atoms with Gasteiger partial charge in [0.05, 0.1) is 12.4 Å². The van der Waals surface area contributed by atoms with Crippen LogP contribution in [0.4, 0.5) is 5.82 Å². The summed E-state index contributed by atoms with van der Waals surface area (Å²) in [5.74, 6) is -0.684. The highest BCUT2D eigenvalue weighted by molar-refractivity contribution is 5.82. The number of anilines is 1. The third-order valence-electron chi connectivity index (χ3n) is 5.70. The summed E-state index contributed by atoms with van der Waals surface area (Å²) >= 11 is 0. The minimum atomic E-state index is -1.31. The number of hydrogen-bond acceptors (Lipinski definition) is 8. The lowest BCUT2D eigenvalue weighted by Crippen LogP contribution is -2.43. The molecule has 4 rings (SSSR count). The molecule has 1 aromatic carbocycles. The van der Waals surface area contributed by atoms with Crippen LogP contribution in [0.2, 0.25) is 0 Å². The molecule has 0 unspecified atom stereocenters. The molecule has 0 bridgehead atoms. The Kier molecular flexibility index (Phi) is 5.86. The standard InChI is InChI=1S/C21H26N6O4/c1-3-11-5-6-12(4-2)13(7-11)8-23-18-15-19(25-9-24-18)27(10-26-15)20-16(28)14(22)17(31-20)21(29)30/h5-7,9-10,14,16-17,20,28H,3-4,8,22H2,1-2H3,(H,29,30)(H,23,24,25)/t14-,16+,17-,20+/m0/s1. The van der Waals surface area contributed by atoms with Gasteiger partial charge in [0.2, 0.25) is 0 Å². The van der Waals surface area contributed by atoms with Gasteiger partial charge in [-0.05, 0) is 29.5 Å². The van der Waals surface area contributed by atoms with Gasteiger partial charge < -0.3 is 26.0 Å². The maximum absolute atomic E-state index is 11.3. The number of benzene rings is 1. The quantitative estimate of drug-likeness (QED) is 0.438. The van der Waals surface area contributed by atoms with Crippen LogP contribution in [-0.2, 0) is 28.9 Å². The van der Waals surface area contributed by atoms with Crippen LogP contribution in [0.5, 0.6) is 0 Å². The number of carbonyl (C=O) groups is 1. The van der Waals surface area contributed by atoms with Crippen LogP contribution in [0.15, 0.2) is 30.9 Å². The van der Waals surface area contributed by atoms with Crippen molar-refractivity contribution >= 4 is 23.0 Å². The van der Waals surface area contributed by atoms with Gasteiger partial charge in [0.15, 0.2) is 29.3 Å². The number of carboxylic acids is 1. The number of aliphatic hydroxyl groups excluding tert-OH is 1. The lowest BCUT2D eigenvalue weighted by Gasteiger charge is -2.16. The van der Waals surface area contributed by atoms with E-state index in [9.17, 15) is 15.0 Å². The highest BCUT2D eigenvalue weighted by Gasteiger charge is 2.46. The Morgan fingerprint density at radius 2 is 2.03 bits per heavy atom. The summed E-state index contributed by atoms with van der Waals surface area (Å²) in [4.78, 5) is 24.3. The van der Waals surface area contributed by atoms with Crippen molar-refractivity contribution in [1.82, 2.24) is 19.5 Å². The topological polar surface area (TPSA) is 148 Å². The monoisotopic (exact) mass is 426 g/mol. The molecule has 10 heteroatoms. The second-order valence-corrected chi connectivity index (χ2v) is 7.56. The molecule has 5 N–H and O–H groups in total. The first kappa shape index (κ1) is 21.2. The summed E-state index contributed by atoms with van der Waals surface area (Å²) in [6.07, 6.45) is 1.20. The van der Waals surface area contributed by atoms with Crippen LogP contribution in [0.25, 0.3) is 11.2 Å². The maximum Gasteiger partial charge on any atom is 0.334 e. The van der Waals surface area contributed by atoms with Crippen molar-refractivity contribution in [1.29, 1.82) is 0 Å². The number of imidazole rings is 1. The minimum Gasteiger partial charge on any atom is -0.479 e. The van der Waals surface area contributed by atoms with Gasteiger partial charge in [-0.3, -0.25) is 4.57 Å². The average Bonchev–Trinajstić information content (AvgIpc) is 3.33. The average molecular weight is 426 g/mol. The van der Waals surface area contributed by atoms with E-state index in [2.05, 4.69) is 52.3 Å². The molecule has 3 aromatic rings. The number of aromatic nitrogens is 4. The summed E-state index contributed by atoms with van der Waals surface area (Å²) < 4.78 is 6.98. The van der Waals surface area contributed by atoms with Crippen molar-refractivity contribution in [2.75, 3.05) is 5.32 Å². The molecule has 0 aliphatic carbocycles. The van der Waals surface area contributed by atoms with Gasteiger partial charge in [-0.2, -0.15) is 0 Å². The number of ether oxygens (including phenoxy) is 1. The molecule has 1 aliphatic heterocycles. The molecule has 2 aromatic heterocycles. The van der Waals surface area contributed by atoms with Gasteiger partial charge in [-0.25, -0.2) is 19.7 Å². The summed E-state index contributed by atoms with van der Waals surface area (Å²) in [6.45, 7) is 4.82. The van der Waals surface area contributed by atoms with Crippen LogP contribution in [0.3, 0.4) is 0 Å². The SMILES string of the molecule is CCc1ccc(CC)c(CNc2ncnc3c2ncn3[C@@H]2O[C@H](C(=O)O)[C@@H](N)[C@H]2O)c1. The van der Waals surface area contributed by atoms with E-state index in [1.165, 1.54) is 33.9 Å². The first-order valence-corrected chi connectivity index (χ1v) is 10.3. The summed E-state index contributed by atoms with van der Waals surface area (Å²) in [6, 6.07) is 5.44. The summed E-state index contributed by atoms with van der Waals surface area (Å²) in [7, 11) is 0. The molecule has 1 saturated heterocycles. The van der Waals surface area contributed by atoms with E-state index in [1.54, 1.807) is 0 Å². The van der Waals surface area contributed by atoms with E-state index in [-0.39, 0.29) is 0 Å². The fourth-order valence-electron chi connectivity index (χ4n) is 3.90. The molecular weight excluding hydrogens is 400 g/mol. The Hall–Kier alpha value is -3.08. The smallest absolute Gasteiger partial charge is 0.334 e. The van der Waals surface area contributed by atoms with Crippen LogP contribution < -0.4 is 11.1 Å². The molecule has 164 valence electrons. The molecule has 1 aliphatic rings. The normalized spacial score (nSPS) is 23.4. The van der Waals surface area contributed by atoms with Crippen LogP contribution in [0, 0.1) is 0 Å². The number of fused-ring (bicyclic) bond motifs is 1. The highest BCUT2D eigenvalue weighted by Crippen LogP contribution is 2.31. The number of nitrogens with zero attached hydrogens (tertiary/aromatic N) is 4. The van der Waals surface area contributed by atoms with Gasteiger partial charge in [0, 0.05) is 6.54 Å². The predicted octanol–water partition coefficient (Wildman–Crippen LogP) is 1.23. The van der Waals surface area contributed by atoms with E-state index in [0.717, 1.165) is 12.8 Å². The van der Waals surface area contributed by atoms with Crippen molar-refractivity contribution in [3.8, 4) is 0 Å². The van der Waals surface area contributed by atoms with E-state index >= 15 is 0 Å². The van der Waals surface area contributed by atoms with Crippen LogP contribution >= 0.6 is 0 Å². The van der Waals surface area contributed by atoms with Crippen molar-refractivity contribution < 1.29 is 19.7 Å². The Morgan fingerprint density at radius 3 is 2.71 bits per heavy atom. The zero-order valence-corrected chi connectivity index (χ0v) is 17.4. The summed E-state index contributed by atoms with van der Waals surface area (Å²) in [5.41, 5.74) is 10.5. The zero-order chi connectivity index (χ0) is 22.1. The lowest BCUT2D eigenvalue weighted by molar-refractivity contribution is -0.152. The van der Waals surface area contributed by atoms with Crippen molar-refractivity contribution in [2.24, 2.45) is 5.73 Å². The molecule has 3 heterocycles. The lowest BCUT2D eigenvalue weighted by atomic mass is 10.0. The Balaban J connectivity index is 1.61. The van der Waals surface area contributed by atoms with E-state index < -0.39 is 30.4 Å². The first-order valence-electron chi connectivity index (χ1n) is 10.3. The predicted molar refractivity (Wildman–Crippen MR) is 113 cm³/mol. The van der Waals surface area contributed by atoms with E-state index in [4.69, 9.17) is 10.5 Å². The molecule has 1 fully saturated rings. The van der Waals surface area contributed by atoms with Crippen molar-refractivity contribution in [3.63, 3.8) is 0 Å². The zero-order valence-electron chi connectivity index (χ0n) is 17.4. The Bertz CT molecular complexity index is 1100. The molecule has 31 heavy (non-hydrogen) atoms. The third kappa shape index (κ3) is 3.85. The fraction of sp³-hybridized carbons (Fsp3) is 0.429. The second kappa shape index (κ2) is 8.58. The number of carboxylic acid groups (broad SMARTS) is 1. The Morgan fingerprint density at radius 1 is 1.23 bits per heavy atom. The van der Waals surface area contributed by atoms with Gasteiger partial charge in [-0.15, -0.1) is 0 Å². The van der Waals surface area contributed by atoms with Crippen molar-refractivity contribution in [2.45, 2.75) is 57.7 Å². The number of nitrogens with two attached hydrogens (primary N) is 1. The molecule has 0 radical (unpaired) electrons. The van der Waals surface area contributed by atoms with Gasteiger partial charge in [-0.1, -0.05) is 32.0 Å². The van der Waals surface area contributed by atoms with Gasteiger partial charge >= 0.3 is 5.97 Å². The van der Waals surface area contributed by atoms with Gasteiger partial charge in [0.25, 0.3) is 0 Å². The van der Waals surface area contributed by atoms with Gasteiger partial charge in [0.1, 0.15) is 12.4 Å². The number of aliphatic carboxylic acids is 1. The summed E-state index contributed by atoms with van der Waals surface area (Å²) in [5, 5.41) is 23.0. The number of hydrogen-bond donors (Lipinski definition) is 4. The second-order valence-electron chi connectivity index (χ2n) is 7.56. The van der Waals surface area contributed by atoms with E-state index in [0.29, 0.717) is 23.5 Å². The first-order chi connectivity index (χ1) is 14.9. The molecular formula is C21H26N6O4. The van der Waals surface area contributed by atoms with Crippen LogP contribution in [0.1, 0.15) is 36.8 Å². The highest BCUT2D eigenvalue weighted by atomic mass is 16.6. The number of aryl methyl sites for hydroxylation is 2. The number of aliphatic hydroxyl groups is 1. The molecule has 10 nitrogen and oxygen atoms in total. The molecule has 0 saturated carbocycles. The number of nitrogens with one attached hydrogen (secondary N) is 1. The largest absolute Gasteiger partial charge is 0.479 e. The fourth-order valence-corrected chi connectivity index (χ4v) is 3.90. The molecule has 0 amide bonds. The number of rotatable bonds is 7. The maximum atomic E-state index is 11.3. The third-order valence-corrected chi connectivity index (χ3v) is 5.70. The van der Waals surface area contributed by atoms with Crippen LogP contribution in [-0.4, -0.2) is 54.0 Å².